The molecule has 40 heavy (non-hydrogen) atoms. The summed E-state index contributed by atoms with van der Waals surface area (Å²) in [6.45, 7) is 16.3. The highest BCUT2D eigenvalue weighted by molar-refractivity contribution is 6.74. The Kier molecular flexibility index (Phi) is 7.28. The average Bonchev–Trinajstić information content (AvgIpc) is 3.45. The third-order valence-electron chi connectivity index (χ3n) is 11.1. The number of methoxy groups -OCH3 is 2. The smallest absolute Gasteiger partial charge is 0.337 e. The summed E-state index contributed by atoms with van der Waals surface area (Å²) in [5.74, 6) is -2.85. The molecule has 9 nitrogen and oxygen atoms in total. The Morgan fingerprint density at radius 1 is 1.12 bits per heavy atom. The minimum Gasteiger partial charge on any atom is -0.504 e. The van der Waals surface area contributed by atoms with Crippen LogP contribution in [0.2, 0.25) is 18.1 Å². The first-order valence-electron chi connectivity index (χ1n) is 14.4. The summed E-state index contributed by atoms with van der Waals surface area (Å²) in [6, 6.07) is 0. The van der Waals surface area contributed by atoms with Gasteiger partial charge in [0.25, 0.3) is 0 Å². The van der Waals surface area contributed by atoms with Gasteiger partial charge in [-0.1, -0.05) is 34.6 Å². The normalized spacial score (nSPS) is 40.2. The van der Waals surface area contributed by atoms with E-state index < -0.39 is 55.1 Å². The lowest BCUT2D eigenvalue weighted by atomic mass is 9.49. The van der Waals surface area contributed by atoms with Gasteiger partial charge in [-0.3, -0.25) is 4.79 Å². The van der Waals surface area contributed by atoms with Crippen molar-refractivity contribution >= 4 is 20.1 Å². The first kappa shape index (κ1) is 29.9. The monoisotopic (exact) mass is 578 g/mol. The number of Topliss-reactive ketones (excluding diaryl/α,β-unsaturated/α-hetero) is 1. The number of cyclic esters (lactones) is 1. The van der Waals surface area contributed by atoms with Crippen molar-refractivity contribution in [3.8, 4) is 0 Å². The molecule has 1 saturated carbocycles. The lowest BCUT2D eigenvalue weighted by molar-refractivity contribution is -0.232. The Hall–Kier alpha value is -1.56. The van der Waals surface area contributed by atoms with Crippen LogP contribution in [0, 0.1) is 22.7 Å². The Morgan fingerprint density at radius 3 is 2.35 bits per heavy atom. The number of carbonyl (C=O) groups is 2. The number of ether oxygens (including phenoxy) is 5. The number of esters is 1. The van der Waals surface area contributed by atoms with E-state index in [-0.39, 0.29) is 28.9 Å². The van der Waals surface area contributed by atoms with Crippen molar-refractivity contribution in [3.05, 3.63) is 23.0 Å². The quantitative estimate of drug-likeness (QED) is 0.225. The number of rotatable bonds is 5. The number of aliphatic hydroxyl groups excluding tert-OH is 1. The summed E-state index contributed by atoms with van der Waals surface area (Å²) in [7, 11) is 0.620. The van der Waals surface area contributed by atoms with E-state index in [1.165, 1.54) is 13.4 Å². The maximum absolute atomic E-state index is 14.4. The molecule has 0 bridgehead atoms. The number of aliphatic hydroxyl groups is 1. The van der Waals surface area contributed by atoms with Crippen LogP contribution in [0.4, 0.5) is 0 Å². The predicted octanol–water partition coefficient (Wildman–Crippen LogP) is 3.90. The molecule has 0 amide bonds. The summed E-state index contributed by atoms with van der Waals surface area (Å²) < 4.78 is 36.8. The summed E-state index contributed by atoms with van der Waals surface area (Å²) in [4.78, 5) is 27.6. The fourth-order valence-electron chi connectivity index (χ4n) is 8.04. The molecule has 224 valence electrons. The van der Waals surface area contributed by atoms with E-state index in [0.717, 1.165) is 5.57 Å². The Labute approximate surface area is 238 Å². The molecule has 1 spiro atoms. The molecule has 7 atom stereocenters. The van der Waals surface area contributed by atoms with E-state index in [2.05, 4.69) is 40.8 Å². The summed E-state index contributed by atoms with van der Waals surface area (Å²) >= 11 is 0. The lowest BCUT2D eigenvalue weighted by Gasteiger charge is -2.59. The molecule has 2 aliphatic heterocycles. The van der Waals surface area contributed by atoms with Gasteiger partial charge in [0.05, 0.1) is 44.9 Å². The average molecular weight is 579 g/mol. The molecule has 5 rings (SSSR count). The highest BCUT2D eigenvalue weighted by Gasteiger charge is 2.71. The number of carbonyl (C=O) groups excluding carboxylic acids is 2. The molecule has 0 aromatic heterocycles. The van der Waals surface area contributed by atoms with Crippen molar-refractivity contribution in [2.75, 3.05) is 34.0 Å². The molecule has 0 aromatic rings. The fourth-order valence-corrected chi connectivity index (χ4v) is 9.31. The predicted molar refractivity (Wildman–Crippen MR) is 149 cm³/mol. The fraction of sp³-hybridized carbons (Fsp3) is 0.800. The number of fused-ring (bicyclic) bond motifs is 5. The molecule has 1 N–H and O–H groups in total. The van der Waals surface area contributed by atoms with Crippen LogP contribution in [-0.2, 0) is 37.7 Å². The van der Waals surface area contributed by atoms with Crippen molar-refractivity contribution < 1.29 is 42.8 Å². The van der Waals surface area contributed by atoms with Gasteiger partial charge in [0.15, 0.2) is 19.9 Å². The summed E-state index contributed by atoms with van der Waals surface area (Å²) in [5, 5.41) is 11.7. The standard InChI is InChI=1S/C30H46O9Si/c1-27(2,3)40(8,9)39-19-14-28(4)18(10-11-30(28)36-12-13-37-30)21-23(19)29(5)20(16-35-7)38-26(33)17(15-34-6)22(29)25(32)24(21)31/h15,18-20,22,25,32H,10-14,16H2,1-9H3/b17-15-/t18-,19+,20+,22+,25+,28-,29-/m0/s1. The Morgan fingerprint density at radius 2 is 1.77 bits per heavy atom. The van der Waals surface area contributed by atoms with Crippen molar-refractivity contribution in [2.24, 2.45) is 22.7 Å². The molecule has 2 saturated heterocycles. The van der Waals surface area contributed by atoms with Crippen molar-refractivity contribution in [2.45, 2.75) is 96.1 Å². The molecule has 0 aromatic carbocycles. The van der Waals surface area contributed by atoms with Gasteiger partial charge in [0.1, 0.15) is 12.2 Å². The highest BCUT2D eigenvalue weighted by atomic mass is 28.4. The maximum atomic E-state index is 14.4. The van der Waals surface area contributed by atoms with Crippen LogP contribution in [0.1, 0.15) is 53.9 Å². The molecule has 0 unspecified atom stereocenters. The van der Waals surface area contributed by atoms with Crippen LogP contribution in [-0.4, -0.2) is 83.3 Å². The van der Waals surface area contributed by atoms with Gasteiger partial charge in [0, 0.05) is 35.9 Å². The maximum Gasteiger partial charge on any atom is 0.337 e. The molecule has 3 aliphatic carbocycles. The zero-order chi connectivity index (χ0) is 29.5. The van der Waals surface area contributed by atoms with Gasteiger partial charge < -0.3 is 33.2 Å². The molecular formula is C30H46O9Si. The second kappa shape index (κ2) is 9.74. The van der Waals surface area contributed by atoms with Crippen LogP contribution < -0.4 is 0 Å². The second-order valence-corrected chi connectivity index (χ2v) is 18.8. The van der Waals surface area contributed by atoms with Crippen LogP contribution in [0.15, 0.2) is 23.0 Å². The van der Waals surface area contributed by atoms with Crippen LogP contribution in [0.3, 0.4) is 0 Å². The third kappa shape index (κ3) is 3.96. The van der Waals surface area contributed by atoms with Gasteiger partial charge in [0.2, 0.25) is 0 Å². The minimum atomic E-state index is -2.38. The van der Waals surface area contributed by atoms with Crippen molar-refractivity contribution in [3.63, 3.8) is 0 Å². The molecule has 3 fully saturated rings. The number of hydrogen-bond acceptors (Lipinski definition) is 9. The molecule has 10 heteroatoms. The number of ketones is 1. The first-order valence-corrected chi connectivity index (χ1v) is 17.4. The van der Waals surface area contributed by atoms with E-state index in [4.69, 9.17) is 28.1 Å². The van der Waals surface area contributed by atoms with Gasteiger partial charge in [-0.25, -0.2) is 4.79 Å². The number of hydrogen-bond donors (Lipinski definition) is 1. The van der Waals surface area contributed by atoms with E-state index >= 15 is 0 Å². The van der Waals surface area contributed by atoms with Gasteiger partial charge >= 0.3 is 5.97 Å². The zero-order valence-electron chi connectivity index (χ0n) is 25.4. The largest absolute Gasteiger partial charge is 0.504 e. The minimum absolute atomic E-state index is 0.0935. The van der Waals surface area contributed by atoms with Crippen LogP contribution in [0.5, 0.6) is 0 Å². The SMILES string of the molecule is CO/C=C1\C(=O)O[C@H](COC)[C@]2(C)C3=C(C(=O)[C@H](O)[C@@H]12)[C@@H]1CCC2(OCCO2)[C@@]1(C)C[C@H]3O[Si](C)(C)C(C)(C)C. The highest BCUT2D eigenvalue weighted by Crippen LogP contribution is 2.67. The van der Waals surface area contributed by atoms with Crippen molar-refractivity contribution in [1.82, 2.24) is 0 Å². The van der Waals surface area contributed by atoms with Gasteiger partial charge in [-0.15, -0.1) is 0 Å². The molecule has 0 radical (unpaired) electrons. The van der Waals surface area contributed by atoms with Gasteiger partial charge in [-0.05, 0) is 42.5 Å². The molecule has 5 aliphatic rings. The zero-order valence-corrected chi connectivity index (χ0v) is 26.4. The first-order chi connectivity index (χ1) is 18.6. The lowest BCUT2D eigenvalue weighted by Crippen LogP contribution is -2.65. The third-order valence-corrected chi connectivity index (χ3v) is 15.6. The van der Waals surface area contributed by atoms with Gasteiger partial charge in [-0.2, -0.15) is 0 Å². The summed E-state index contributed by atoms with van der Waals surface area (Å²) in [5.41, 5.74) is 0.0522. The van der Waals surface area contributed by atoms with E-state index in [1.54, 1.807) is 7.11 Å². The van der Waals surface area contributed by atoms with E-state index in [0.29, 0.717) is 38.0 Å². The van der Waals surface area contributed by atoms with E-state index in [1.807, 2.05) is 6.92 Å². The topological polar surface area (TPSA) is 110 Å². The van der Waals surface area contributed by atoms with Crippen LogP contribution in [0.25, 0.3) is 0 Å². The second-order valence-electron chi connectivity index (χ2n) is 14.1. The van der Waals surface area contributed by atoms with Crippen LogP contribution >= 0.6 is 0 Å². The van der Waals surface area contributed by atoms with E-state index in [9.17, 15) is 14.7 Å². The van der Waals surface area contributed by atoms with Crippen molar-refractivity contribution in [1.29, 1.82) is 0 Å². The summed E-state index contributed by atoms with van der Waals surface area (Å²) in [6.07, 6.45) is 0.590. The Bertz CT molecular complexity index is 1130. The Balaban J connectivity index is 1.78. The molecular weight excluding hydrogens is 532 g/mol. The molecule has 2 heterocycles.